The van der Waals surface area contributed by atoms with Crippen LogP contribution in [0.15, 0.2) is 12.7 Å². The van der Waals surface area contributed by atoms with E-state index in [1.165, 1.54) is 0 Å². The number of hydrogen-bond acceptors (Lipinski definition) is 1. The Hall–Kier alpha value is -0.740. The van der Waals surface area contributed by atoms with Gasteiger partial charge in [0.1, 0.15) is 0 Å². The fourth-order valence-electron chi connectivity index (χ4n) is 0.903. The Morgan fingerprint density at radius 1 is 1.73 bits per heavy atom. The molecule has 0 bridgehead atoms. The van der Waals surface area contributed by atoms with Crippen molar-refractivity contribution in [2.45, 2.75) is 38.8 Å². The third-order valence-electron chi connectivity index (χ3n) is 1.71. The highest BCUT2D eigenvalue weighted by molar-refractivity contribution is 4.92. The maximum atomic E-state index is 5.21. The van der Waals surface area contributed by atoms with Crippen LogP contribution in [0.5, 0.6) is 0 Å². The van der Waals surface area contributed by atoms with Crippen LogP contribution in [0.2, 0.25) is 0 Å². The fourth-order valence-corrected chi connectivity index (χ4v) is 0.903. The zero-order chi connectivity index (χ0) is 8.69. The van der Waals surface area contributed by atoms with E-state index in [4.69, 9.17) is 6.42 Å². The molecule has 0 spiro atoms. The van der Waals surface area contributed by atoms with Crippen LogP contribution in [-0.4, -0.2) is 12.1 Å². The van der Waals surface area contributed by atoms with Gasteiger partial charge in [0.25, 0.3) is 0 Å². The van der Waals surface area contributed by atoms with Crippen LogP contribution in [0.4, 0.5) is 0 Å². The summed E-state index contributed by atoms with van der Waals surface area (Å²) in [5, 5.41) is 3.36. The first kappa shape index (κ1) is 10.3. The lowest BCUT2D eigenvalue weighted by molar-refractivity contribution is 0.481. The summed E-state index contributed by atoms with van der Waals surface area (Å²) in [5.74, 6) is 2.65. The summed E-state index contributed by atoms with van der Waals surface area (Å²) in [5.41, 5.74) is 0. The monoisotopic (exact) mass is 151 g/mol. The topological polar surface area (TPSA) is 12.0 Å². The standard InChI is InChI=1S/C10H17N/c1-5-8-10(7-3)11-9(4)6-2/h1,6,9-11H,2,7-8H2,3-4H3. The zero-order valence-corrected chi connectivity index (χ0v) is 7.43. The van der Waals surface area contributed by atoms with E-state index in [1.807, 2.05) is 6.08 Å². The lowest BCUT2D eigenvalue weighted by Crippen LogP contribution is -2.34. The van der Waals surface area contributed by atoms with E-state index in [9.17, 15) is 0 Å². The Kier molecular flexibility index (Phi) is 5.60. The normalized spacial score (nSPS) is 15.0. The first-order valence-electron chi connectivity index (χ1n) is 4.06. The number of terminal acetylenes is 1. The summed E-state index contributed by atoms with van der Waals surface area (Å²) in [4.78, 5) is 0. The van der Waals surface area contributed by atoms with Gasteiger partial charge in [0.05, 0.1) is 0 Å². The molecule has 0 amide bonds. The SMILES string of the molecule is C#CCC(CC)NC(C)C=C. The van der Waals surface area contributed by atoms with Gasteiger partial charge < -0.3 is 5.32 Å². The molecule has 62 valence electrons. The van der Waals surface area contributed by atoms with Gasteiger partial charge in [-0.2, -0.15) is 0 Å². The van der Waals surface area contributed by atoms with Gasteiger partial charge in [-0.3, -0.25) is 0 Å². The molecule has 2 unspecified atom stereocenters. The van der Waals surface area contributed by atoms with Crippen molar-refractivity contribution < 1.29 is 0 Å². The molecule has 0 rings (SSSR count). The minimum absolute atomic E-state index is 0.355. The highest BCUT2D eigenvalue weighted by atomic mass is 14.9. The largest absolute Gasteiger partial charge is 0.307 e. The second-order valence-electron chi connectivity index (χ2n) is 2.70. The molecule has 0 fully saturated rings. The Bertz CT molecular complexity index is 143. The minimum Gasteiger partial charge on any atom is -0.307 e. The van der Waals surface area contributed by atoms with Crippen molar-refractivity contribution in [3.05, 3.63) is 12.7 Å². The summed E-state index contributed by atoms with van der Waals surface area (Å²) in [6.45, 7) is 7.90. The summed E-state index contributed by atoms with van der Waals surface area (Å²) in [6.07, 6.45) is 8.97. The quantitative estimate of drug-likeness (QED) is 0.468. The maximum Gasteiger partial charge on any atom is 0.0240 e. The Balaban J connectivity index is 3.69. The number of hydrogen-bond donors (Lipinski definition) is 1. The van der Waals surface area contributed by atoms with Crippen molar-refractivity contribution in [1.82, 2.24) is 5.32 Å². The maximum absolute atomic E-state index is 5.21. The van der Waals surface area contributed by atoms with E-state index in [0.29, 0.717) is 12.1 Å². The molecule has 0 aromatic heterocycles. The Morgan fingerprint density at radius 2 is 2.36 bits per heavy atom. The first-order valence-corrected chi connectivity index (χ1v) is 4.06. The predicted molar refractivity (Wildman–Crippen MR) is 50.3 cm³/mol. The van der Waals surface area contributed by atoms with Crippen LogP contribution in [0.3, 0.4) is 0 Å². The molecular weight excluding hydrogens is 134 g/mol. The molecule has 2 atom stereocenters. The molecule has 1 N–H and O–H groups in total. The van der Waals surface area contributed by atoms with E-state index in [0.717, 1.165) is 12.8 Å². The Morgan fingerprint density at radius 3 is 2.73 bits per heavy atom. The van der Waals surface area contributed by atoms with Crippen molar-refractivity contribution >= 4 is 0 Å². The smallest absolute Gasteiger partial charge is 0.0240 e. The molecule has 0 saturated heterocycles. The van der Waals surface area contributed by atoms with Gasteiger partial charge >= 0.3 is 0 Å². The van der Waals surface area contributed by atoms with Crippen molar-refractivity contribution in [3.63, 3.8) is 0 Å². The number of rotatable bonds is 5. The molecule has 0 radical (unpaired) electrons. The minimum atomic E-state index is 0.355. The van der Waals surface area contributed by atoms with Crippen LogP contribution >= 0.6 is 0 Å². The molecule has 0 aliphatic heterocycles. The third kappa shape index (κ3) is 4.64. The first-order chi connectivity index (χ1) is 5.24. The van der Waals surface area contributed by atoms with Crippen LogP contribution in [0.25, 0.3) is 0 Å². The second-order valence-corrected chi connectivity index (χ2v) is 2.70. The third-order valence-corrected chi connectivity index (χ3v) is 1.71. The van der Waals surface area contributed by atoms with Gasteiger partial charge in [-0.15, -0.1) is 18.9 Å². The lowest BCUT2D eigenvalue weighted by Gasteiger charge is -2.17. The highest BCUT2D eigenvalue weighted by Gasteiger charge is 2.05. The molecule has 0 heterocycles. The van der Waals surface area contributed by atoms with Crippen molar-refractivity contribution in [2.24, 2.45) is 0 Å². The fraction of sp³-hybridized carbons (Fsp3) is 0.600. The van der Waals surface area contributed by atoms with Crippen molar-refractivity contribution in [1.29, 1.82) is 0 Å². The van der Waals surface area contributed by atoms with Crippen LogP contribution < -0.4 is 5.32 Å². The summed E-state index contributed by atoms with van der Waals surface area (Å²) in [6, 6.07) is 0.793. The van der Waals surface area contributed by atoms with Crippen LogP contribution in [-0.2, 0) is 0 Å². The molecule has 0 aromatic rings. The molecule has 0 saturated carbocycles. The molecule has 1 heteroatoms. The van der Waals surface area contributed by atoms with E-state index in [2.05, 4.69) is 31.7 Å². The van der Waals surface area contributed by atoms with Gasteiger partial charge in [0.2, 0.25) is 0 Å². The second kappa shape index (κ2) is 6.00. The van der Waals surface area contributed by atoms with E-state index in [1.54, 1.807) is 0 Å². The van der Waals surface area contributed by atoms with E-state index >= 15 is 0 Å². The Labute approximate surface area is 69.9 Å². The van der Waals surface area contributed by atoms with Gasteiger partial charge in [-0.25, -0.2) is 0 Å². The van der Waals surface area contributed by atoms with Crippen LogP contribution in [0.1, 0.15) is 26.7 Å². The average molecular weight is 151 g/mol. The van der Waals surface area contributed by atoms with Gasteiger partial charge in [0.15, 0.2) is 0 Å². The predicted octanol–water partition coefficient (Wildman–Crippen LogP) is 1.95. The number of nitrogens with one attached hydrogen (secondary N) is 1. The summed E-state index contributed by atoms with van der Waals surface area (Å²) < 4.78 is 0. The lowest BCUT2D eigenvalue weighted by atomic mass is 10.1. The highest BCUT2D eigenvalue weighted by Crippen LogP contribution is 1.98. The van der Waals surface area contributed by atoms with E-state index in [-0.39, 0.29) is 0 Å². The van der Waals surface area contributed by atoms with Gasteiger partial charge in [-0.05, 0) is 13.3 Å². The van der Waals surface area contributed by atoms with Crippen molar-refractivity contribution in [3.8, 4) is 12.3 Å². The summed E-state index contributed by atoms with van der Waals surface area (Å²) >= 11 is 0. The van der Waals surface area contributed by atoms with Crippen LogP contribution in [0, 0.1) is 12.3 Å². The average Bonchev–Trinajstić information content (AvgIpc) is 2.03. The summed E-state index contributed by atoms with van der Waals surface area (Å²) in [7, 11) is 0. The van der Waals surface area contributed by atoms with Gasteiger partial charge in [0, 0.05) is 18.5 Å². The molecule has 0 aliphatic carbocycles. The van der Waals surface area contributed by atoms with Gasteiger partial charge in [-0.1, -0.05) is 13.0 Å². The molecule has 11 heavy (non-hydrogen) atoms. The van der Waals surface area contributed by atoms with Crippen molar-refractivity contribution in [2.75, 3.05) is 0 Å². The molecule has 0 aromatic carbocycles. The molecular formula is C10H17N. The molecule has 0 aliphatic rings. The van der Waals surface area contributed by atoms with E-state index < -0.39 is 0 Å². The zero-order valence-electron chi connectivity index (χ0n) is 7.43. The molecule has 1 nitrogen and oxygen atoms in total.